The van der Waals surface area contributed by atoms with E-state index in [1.54, 1.807) is 37.5 Å². The number of esters is 1. The lowest BCUT2D eigenvalue weighted by Crippen LogP contribution is -2.27. The Morgan fingerprint density at radius 2 is 2.30 bits per heavy atom. The van der Waals surface area contributed by atoms with E-state index in [1.807, 2.05) is 6.07 Å². The van der Waals surface area contributed by atoms with E-state index in [9.17, 15) is 9.59 Å². The molecule has 1 saturated heterocycles. The van der Waals surface area contributed by atoms with Crippen molar-refractivity contribution < 1.29 is 19.1 Å². The van der Waals surface area contributed by atoms with E-state index >= 15 is 0 Å². The fourth-order valence-electron chi connectivity index (χ4n) is 2.77. The van der Waals surface area contributed by atoms with Gasteiger partial charge in [0, 0.05) is 29.4 Å². The van der Waals surface area contributed by atoms with Crippen LogP contribution in [0.15, 0.2) is 47.5 Å². The third-order valence-electron chi connectivity index (χ3n) is 3.98. The number of aromatic nitrogens is 4. The Hall–Kier alpha value is -3.75. The van der Waals surface area contributed by atoms with Gasteiger partial charge in [-0.1, -0.05) is 0 Å². The molecule has 0 bridgehead atoms. The van der Waals surface area contributed by atoms with Crippen LogP contribution in [0.1, 0.15) is 12.5 Å². The van der Waals surface area contributed by atoms with Gasteiger partial charge in [0.1, 0.15) is 5.65 Å². The number of pyridine rings is 1. The van der Waals surface area contributed by atoms with Crippen molar-refractivity contribution in [1.29, 1.82) is 0 Å². The number of H-pyrrole nitrogens is 2. The number of rotatable bonds is 4. The highest BCUT2D eigenvalue weighted by Crippen LogP contribution is 2.28. The van der Waals surface area contributed by atoms with E-state index in [2.05, 4.69) is 25.2 Å². The van der Waals surface area contributed by atoms with Crippen LogP contribution in [0, 0.1) is 5.92 Å². The van der Waals surface area contributed by atoms with Crippen LogP contribution in [0.5, 0.6) is 0 Å². The van der Waals surface area contributed by atoms with Gasteiger partial charge < -0.3 is 14.5 Å². The van der Waals surface area contributed by atoms with Crippen LogP contribution in [0.25, 0.3) is 17.1 Å². The second-order valence-electron chi connectivity index (χ2n) is 5.70. The van der Waals surface area contributed by atoms with Crippen molar-refractivity contribution in [2.45, 2.75) is 6.92 Å². The predicted octanol–water partition coefficient (Wildman–Crippen LogP) is 2.14. The number of allylic oxidation sites excluding steroid dienone is 1. The van der Waals surface area contributed by atoms with Crippen LogP contribution in [-0.2, 0) is 19.1 Å². The molecular weight excluding hydrogens is 350 g/mol. The minimum Gasteiger partial charge on any atom is -0.465 e. The van der Waals surface area contributed by atoms with Crippen LogP contribution in [0.3, 0.4) is 0 Å². The van der Waals surface area contributed by atoms with E-state index < -0.39 is 17.7 Å². The molecule has 4 heterocycles. The molecule has 9 heteroatoms. The largest absolute Gasteiger partial charge is 0.465 e. The molecule has 1 aliphatic rings. The Morgan fingerprint density at radius 1 is 1.41 bits per heavy atom. The topological polar surface area (TPSA) is 122 Å². The standard InChI is InChI=1S/C18H15N5O4/c1-2-26-18(25)14-15(24)12(27-17(14)22-13-5-7-21-23-13)8-10-9-20-16-11(10)4-3-6-19-16/h3-9,14H,2H2,1H3,(H,19,20)(H,21,23)/b12-8-,22-17?. The number of ketones is 1. The van der Waals surface area contributed by atoms with Gasteiger partial charge in [0.25, 0.3) is 0 Å². The van der Waals surface area contributed by atoms with E-state index in [-0.39, 0.29) is 18.3 Å². The summed E-state index contributed by atoms with van der Waals surface area (Å²) >= 11 is 0. The minimum atomic E-state index is -1.25. The molecule has 1 unspecified atom stereocenters. The number of hydrogen-bond donors (Lipinski definition) is 2. The molecule has 1 aliphatic heterocycles. The van der Waals surface area contributed by atoms with E-state index in [1.165, 1.54) is 6.20 Å². The number of fused-ring (bicyclic) bond motifs is 1. The van der Waals surface area contributed by atoms with Crippen LogP contribution in [0.4, 0.5) is 5.82 Å². The third kappa shape index (κ3) is 3.10. The monoisotopic (exact) mass is 365 g/mol. The van der Waals surface area contributed by atoms with Gasteiger partial charge in [-0.25, -0.2) is 4.98 Å². The maximum atomic E-state index is 12.8. The number of carbonyl (C=O) groups is 2. The SMILES string of the molecule is CCOC(=O)C1C(=O)/C(=C/c2c[nH]c3ncccc23)OC1=Nc1ccn[nH]1. The smallest absolute Gasteiger partial charge is 0.326 e. The van der Waals surface area contributed by atoms with Crippen molar-refractivity contribution in [1.82, 2.24) is 20.2 Å². The third-order valence-corrected chi connectivity index (χ3v) is 3.98. The Bertz CT molecular complexity index is 1060. The Kier molecular flexibility index (Phi) is 4.25. The first kappa shape index (κ1) is 16.7. The zero-order valence-electron chi connectivity index (χ0n) is 14.3. The number of nitrogens with zero attached hydrogens (tertiary/aromatic N) is 3. The molecule has 2 N–H and O–H groups in total. The quantitative estimate of drug-likeness (QED) is 0.415. The van der Waals surface area contributed by atoms with Gasteiger partial charge in [-0.15, -0.1) is 0 Å². The molecule has 3 aromatic rings. The van der Waals surface area contributed by atoms with Crippen molar-refractivity contribution >= 4 is 40.6 Å². The van der Waals surface area contributed by atoms with Gasteiger partial charge in [-0.05, 0) is 25.1 Å². The van der Waals surface area contributed by atoms with E-state index in [0.717, 1.165) is 5.39 Å². The van der Waals surface area contributed by atoms with Gasteiger partial charge in [-0.2, -0.15) is 10.1 Å². The predicted molar refractivity (Wildman–Crippen MR) is 96.0 cm³/mol. The summed E-state index contributed by atoms with van der Waals surface area (Å²) in [7, 11) is 0. The summed E-state index contributed by atoms with van der Waals surface area (Å²) in [5.41, 5.74) is 1.40. The zero-order chi connectivity index (χ0) is 18.8. The van der Waals surface area contributed by atoms with Gasteiger partial charge in [0.2, 0.25) is 11.7 Å². The summed E-state index contributed by atoms with van der Waals surface area (Å²) in [4.78, 5) is 36.5. The molecule has 0 amide bonds. The average molecular weight is 365 g/mol. The number of aliphatic imine (C=N–C) groups is 1. The molecule has 3 aromatic heterocycles. The highest BCUT2D eigenvalue weighted by molar-refractivity contribution is 6.27. The van der Waals surface area contributed by atoms with Crippen LogP contribution in [0.2, 0.25) is 0 Å². The maximum absolute atomic E-state index is 12.8. The van der Waals surface area contributed by atoms with Gasteiger partial charge in [-0.3, -0.25) is 14.7 Å². The number of nitrogens with one attached hydrogen (secondary N) is 2. The number of ether oxygens (including phenoxy) is 2. The Labute approximate surface area is 153 Å². The zero-order valence-corrected chi connectivity index (χ0v) is 14.3. The molecule has 0 spiro atoms. The fourth-order valence-corrected chi connectivity index (χ4v) is 2.77. The number of Topliss-reactive ketones (excluding diaryl/α,β-unsaturated/α-hetero) is 1. The first-order valence-electron chi connectivity index (χ1n) is 8.28. The number of hydrogen-bond acceptors (Lipinski definition) is 7. The summed E-state index contributed by atoms with van der Waals surface area (Å²) in [6, 6.07) is 5.26. The summed E-state index contributed by atoms with van der Waals surface area (Å²) in [6.07, 6.45) is 6.44. The van der Waals surface area contributed by atoms with Crippen molar-refractivity contribution in [2.75, 3.05) is 6.61 Å². The van der Waals surface area contributed by atoms with Crippen molar-refractivity contribution in [3.8, 4) is 0 Å². The van der Waals surface area contributed by atoms with E-state index in [4.69, 9.17) is 9.47 Å². The second-order valence-corrected chi connectivity index (χ2v) is 5.70. The molecule has 4 rings (SSSR count). The summed E-state index contributed by atoms with van der Waals surface area (Å²) in [5.74, 6) is -2.13. The van der Waals surface area contributed by atoms with Gasteiger partial charge >= 0.3 is 5.97 Å². The Morgan fingerprint density at radius 3 is 3.07 bits per heavy atom. The summed E-state index contributed by atoms with van der Waals surface area (Å²) < 4.78 is 10.6. The highest BCUT2D eigenvalue weighted by Gasteiger charge is 2.44. The average Bonchev–Trinajstić information content (AvgIpc) is 3.37. The highest BCUT2D eigenvalue weighted by atomic mass is 16.5. The number of aromatic amines is 2. The second kappa shape index (κ2) is 6.87. The van der Waals surface area contributed by atoms with Crippen molar-refractivity contribution in [3.05, 3.63) is 48.1 Å². The molecule has 0 radical (unpaired) electrons. The molecule has 136 valence electrons. The summed E-state index contributed by atoms with van der Waals surface area (Å²) in [5, 5.41) is 7.26. The van der Waals surface area contributed by atoms with Gasteiger partial charge in [0.05, 0.1) is 12.8 Å². The van der Waals surface area contributed by atoms with E-state index in [0.29, 0.717) is 17.0 Å². The molecule has 0 aromatic carbocycles. The first-order valence-corrected chi connectivity index (χ1v) is 8.28. The van der Waals surface area contributed by atoms with Crippen LogP contribution >= 0.6 is 0 Å². The molecule has 1 fully saturated rings. The molecule has 9 nitrogen and oxygen atoms in total. The molecule has 1 atom stereocenters. The lowest BCUT2D eigenvalue weighted by atomic mass is 10.0. The molecular formula is C18H15N5O4. The minimum absolute atomic E-state index is 0.0103. The Balaban J connectivity index is 1.74. The number of carbonyl (C=O) groups excluding carboxylic acids is 2. The van der Waals surface area contributed by atoms with Crippen molar-refractivity contribution in [2.24, 2.45) is 10.9 Å². The van der Waals surface area contributed by atoms with Crippen LogP contribution < -0.4 is 0 Å². The van der Waals surface area contributed by atoms with Crippen LogP contribution in [-0.4, -0.2) is 44.4 Å². The van der Waals surface area contributed by atoms with Gasteiger partial charge in [0.15, 0.2) is 17.5 Å². The lowest BCUT2D eigenvalue weighted by Gasteiger charge is -2.05. The maximum Gasteiger partial charge on any atom is 0.326 e. The first-order chi connectivity index (χ1) is 13.2. The normalized spacial score (nSPS) is 19.7. The fraction of sp³-hybridized carbons (Fsp3) is 0.167. The van der Waals surface area contributed by atoms with Crippen molar-refractivity contribution in [3.63, 3.8) is 0 Å². The molecule has 27 heavy (non-hydrogen) atoms. The summed E-state index contributed by atoms with van der Waals surface area (Å²) in [6.45, 7) is 1.81. The lowest BCUT2D eigenvalue weighted by molar-refractivity contribution is -0.147. The molecule has 0 saturated carbocycles. The molecule has 0 aliphatic carbocycles.